The zero-order valence-electron chi connectivity index (χ0n) is 9.96. The summed E-state index contributed by atoms with van der Waals surface area (Å²) in [5.41, 5.74) is 1.86. The van der Waals surface area contributed by atoms with Crippen molar-refractivity contribution in [1.82, 2.24) is 9.97 Å². The molecule has 2 aromatic rings. The van der Waals surface area contributed by atoms with Crippen LogP contribution in [0.5, 0.6) is 0 Å². The smallest absolute Gasteiger partial charge is 0.224 e. The maximum absolute atomic E-state index is 6.11. The number of aromatic nitrogens is 2. The molecule has 0 atom stereocenters. The Bertz CT molecular complexity index is 572. The van der Waals surface area contributed by atoms with Gasteiger partial charge in [0.2, 0.25) is 5.95 Å². The van der Waals surface area contributed by atoms with Crippen LogP contribution in [0.4, 0.5) is 17.5 Å². The van der Waals surface area contributed by atoms with Crippen molar-refractivity contribution in [2.24, 2.45) is 0 Å². The van der Waals surface area contributed by atoms with Gasteiger partial charge in [0, 0.05) is 7.05 Å². The quantitative estimate of drug-likeness (QED) is 0.897. The van der Waals surface area contributed by atoms with Gasteiger partial charge in [0.25, 0.3) is 0 Å². The third-order valence-electron chi connectivity index (χ3n) is 2.34. The summed E-state index contributed by atoms with van der Waals surface area (Å²) in [4.78, 5) is 8.24. The van der Waals surface area contributed by atoms with Crippen molar-refractivity contribution in [1.29, 1.82) is 0 Å². The van der Waals surface area contributed by atoms with Gasteiger partial charge in [-0.3, -0.25) is 0 Å². The predicted octanol–water partition coefficient (Wildman–Crippen LogP) is 3.88. The predicted molar refractivity (Wildman–Crippen MR) is 76.1 cm³/mol. The van der Waals surface area contributed by atoms with Gasteiger partial charge in [0.15, 0.2) is 5.82 Å². The molecule has 1 heterocycles. The molecule has 0 amide bonds. The van der Waals surface area contributed by atoms with Crippen molar-refractivity contribution < 1.29 is 0 Å². The van der Waals surface area contributed by atoms with Crippen LogP contribution in [0.15, 0.2) is 24.4 Å². The Morgan fingerprint density at radius 2 is 1.94 bits per heavy atom. The molecule has 0 aliphatic heterocycles. The molecule has 0 radical (unpaired) electrons. The summed E-state index contributed by atoms with van der Waals surface area (Å²) in [5.74, 6) is 1.01. The van der Waals surface area contributed by atoms with Gasteiger partial charge in [-0.15, -0.1) is 0 Å². The minimum Gasteiger partial charge on any atom is -0.357 e. The molecule has 1 aromatic carbocycles. The van der Waals surface area contributed by atoms with Crippen LogP contribution < -0.4 is 10.6 Å². The summed E-state index contributed by atoms with van der Waals surface area (Å²) < 4.78 is 0. The van der Waals surface area contributed by atoms with E-state index in [-0.39, 0.29) is 0 Å². The lowest BCUT2D eigenvalue weighted by atomic mass is 10.2. The van der Waals surface area contributed by atoms with E-state index >= 15 is 0 Å². The summed E-state index contributed by atoms with van der Waals surface area (Å²) in [6, 6.07) is 5.70. The van der Waals surface area contributed by atoms with Crippen molar-refractivity contribution in [2.75, 3.05) is 17.7 Å². The molecule has 0 saturated heterocycles. The second kappa shape index (κ2) is 5.42. The third-order valence-corrected chi connectivity index (χ3v) is 2.95. The lowest BCUT2D eigenvalue weighted by Gasteiger charge is -2.10. The minimum absolute atomic E-state index is 0.437. The molecule has 0 saturated carbocycles. The largest absolute Gasteiger partial charge is 0.357 e. The third kappa shape index (κ3) is 2.83. The summed E-state index contributed by atoms with van der Waals surface area (Å²) in [6.45, 7) is 1.99. The first kappa shape index (κ1) is 12.9. The van der Waals surface area contributed by atoms with E-state index in [1.807, 2.05) is 25.1 Å². The van der Waals surface area contributed by atoms with Crippen LogP contribution in [0.2, 0.25) is 10.0 Å². The Kier molecular flexibility index (Phi) is 3.89. The van der Waals surface area contributed by atoms with Crippen molar-refractivity contribution >= 4 is 40.7 Å². The van der Waals surface area contributed by atoms with Crippen LogP contribution in [0.3, 0.4) is 0 Å². The molecule has 94 valence electrons. The van der Waals surface area contributed by atoms with Gasteiger partial charge in [-0.2, -0.15) is 4.98 Å². The van der Waals surface area contributed by atoms with E-state index in [0.29, 0.717) is 21.8 Å². The van der Waals surface area contributed by atoms with Gasteiger partial charge in [-0.05, 0) is 24.6 Å². The number of anilines is 3. The zero-order chi connectivity index (χ0) is 13.1. The highest BCUT2D eigenvalue weighted by atomic mass is 35.5. The molecule has 4 nitrogen and oxygen atoms in total. The van der Waals surface area contributed by atoms with E-state index in [0.717, 1.165) is 11.3 Å². The molecule has 0 aliphatic rings. The molecule has 18 heavy (non-hydrogen) atoms. The number of nitrogens with zero attached hydrogens (tertiary/aromatic N) is 2. The molecule has 1 aromatic heterocycles. The van der Waals surface area contributed by atoms with Crippen LogP contribution in [0.1, 0.15) is 5.56 Å². The van der Waals surface area contributed by atoms with Crippen molar-refractivity contribution in [2.45, 2.75) is 6.92 Å². The normalized spacial score (nSPS) is 10.2. The van der Waals surface area contributed by atoms with Crippen molar-refractivity contribution in [3.63, 3.8) is 0 Å². The molecule has 0 spiro atoms. The average Bonchev–Trinajstić information content (AvgIpc) is 2.36. The fraction of sp³-hybridized carbons (Fsp3) is 0.167. The number of aryl methyl sites for hydroxylation is 1. The average molecular weight is 283 g/mol. The van der Waals surface area contributed by atoms with Gasteiger partial charge in [0.05, 0.1) is 16.9 Å². The lowest BCUT2D eigenvalue weighted by molar-refractivity contribution is 1.15. The Hall–Kier alpha value is -1.52. The number of halogens is 2. The molecule has 0 aliphatic carbocycles. The lowest BCUT2D eigenvalue weighted by Crippen LogP contribution is -2.01. The SMILES string of the molecule is CNc1ncc(Cl)c(Nc2cc(C)ccc2Cl)n1. The van der Waals surface area contributed by atoms with Gasteiger partial charge in [-0.1, -0.05) is 29.3 Å². The van der Waals surface area contributed by atoms with E-state index in [9.17, 15) is 0 Å². The van der Waals surface area contributed by atoms with Crippen molar-refractivity contribution in [3.8, 4) is 0 Å². The fourth-order valence-corrected chi connectivity index (χ4v) is 1.74. The number of nitrogens with one attached hydrogen (secondary N) is 2. The topological polar surface area (TPSA) is 49.8 Å². The maximum Gasteiger partial charge on any atom is 0.224 e. The first-order chi connectivity index (χ1) is 8.60. The Morgan fingerprint density at radius 1 is 1.17 bits per heavy atom. The Labute approximate surface area is 115 Å². The second-order valence-corrected chi connectivity index (χ2v) is 4.56. The number of rotatable bonds is 3. The van der Waals surface area contributed by atoms with E-state index in [4.69, 9.17) is 23.2 Å². The molecular formula is C12H12Cl2N4. The monoisotopic (exact) mass is 282 g/mol. The molecule has 0 unspecified atom stereocenters. The highest BCUT2D eigenvalue weighted by Crippen LogP contribution is 2.29. The molecule has 6 heteroatoms. The summed E-state index contributed by atoms with van der Waals surface area (Å²) in [5, 5.41) is 7.00. The molecule has 2 N–H and O–H groups in total. The molecule has 0 bridgehead atoms. The maximum atomic E-state index is 6.11. The first-order valence-electron chi connectivity index (χ1n) is 5.33. The fourth-order valence-electron chi connectivity index (χ4n) is 1.44. The summed E-state index contributed by atoms with van der Waals surface area (Å²) >= 11 is 12.1. The van der Waals surface area contributed by atoms with E-state index in [1.54, 1.807) is 7.05 Å². The van der Waals surface area contributed by atoms with Crippen LogP contribution in [-0.2, 0) is 0 Å². The zero-order valence-corrected chi connectivity index (χ0v) is 11.5. The van der Waals surface area contributed by atoms with Gasteiger partial charge >= 0.3 is 0 Å². The highest BCUT2D eigenvalue weighted by molar-refractivity contribution is 6.34. The summed E-state index contributed by atoms with van der Waals surface area (Å²) in [7, 11) is 1.74. The van der Waals surface area contributed by atoms with Crippen LogP contribution in [-0.4, -0.2) is 17.0 Å². The Morgan fingerprint density at radius 3 is 2.67 bits per heavy atom. The van der Waals surface area contributed by atoms with E-state index < -0.39 is 0 Å². The van der Waals surface area contributed by atoms with Gasteiger partial charge < -0.3 is 10.6 Å². The van der Waals surface area contributed by atoms with Crippen molar-refractivity contribution in [3.05, 3.63) is 40.0 Å². The second-order valence-electron chi connectivity index (χ2n) is 3.75. The summed E-state index contributed by atoms with van der Waals surface area (Å²) in [6.07, 6.45) is 1.53. The van der Waals surface area contributed by atoms with E-state index in [1.165, 1.54) is 6.20 Å². The van der Waals surface area contributed by atoms with E-state index in [2.05, 4.69) is 20.6 Å². The molecule has 0 fully saturated rings. The Balaban J connectivity index is 2.36. The number of benzene rings is 1. The number of hydrogen-bond donors (Lipinski definition) is 2. The van der Waals surface area contributed by atoms with Gasteiger partial charge in [0.1, 0.15) is 5.02 Å². The molecule has 2 rings (SSSR count). The van der Waals surface area contributed by atoms with Crippen LogP contribution >= 0.6 is 23.2 Å². The first-order valence-corrected chi connectivity index (χ1v) is 6.09. The standard InChI is InChI=1S/C12H12Cl2N4/c1-7-3-4-8(13)10(5-7)17-11-9(14)6-16-12(15-2)18-11/h3-6H,1-2H3,(H2,15,16,17,18). The molecular weight excluding hydrogens is 271 g/mol. The van der Waals surface area contributed by atoms with Crippen LogP contribution in [0.25, 0.3) is 0 Å². The minimum atomic E-state index is 0.437. The van der Waals surface area contributed by atoms with Crippen LogP contribution in [0, 0.1) is 6.92 Å². The number of hydrogen-bond acceptors (Lipinski definition) is 4. The van der Waals surface area contributed by atoms with Gasteiger partial charge in [-0.25, -0.2) is 4.98 Å². The highest BCUT2D eigenvalue weighted by Gasteiger charge is 2.07.